The highest BCUT2D eigenvalue weighted by Gasteiger charge is 2.19. The van der Waals surface area contributed by atoms with Crippen LogP contribution in [-0.2, 0) is 10.1 Å². The van der Waals surface area contributed by atoms with Gasteiger partial charge in [-0.15, -0.1) is 0 Å². The Morgan fingerprint density at radius 2 is 2.24 bits per heavy atom. The van der Waals surface area contributed by atoms with E-state index in [2.05, 4.69) is 15.9 Å². The molecule has 0 bridgehead atoms. The number of alkyl halides is 1. The first kappa shape index (κ1) is 12.5. The highest BCUT2D eigenvalue weighted by atomic mass is 79.9. The molecule has 0 aliphatic rings. The minimum atomic E-state index is -0.452. The van der Waals surface area contributed by atoms with Crippen LogP contribution in [0.5, 0.6) is 0 Å². The van der Waals surface area contributed by atoms with E-state index in [1.54, 1.807) is 25.1 Å². The zero-order valence-electron chi connectivity index (χ0n) is 9.13. The Labute approximate surface area is 112 Å². The Hall–Kier alpha value is -1.00. The fraction of sp³-hybridized carbons (Fsp3) is 0.250. The highest BCUT2D eigenvalue weighted by molar-refractivity contribution is 9.08. The first-order chi connectivity index (χ1) is 8.17. The lowest BCUT2D eigenvalue weighted by molar-refractivity contribution is 0.0491. The van der Waals surface area contributed by atoms with Crippen molar-refractivity contribution in [3.05, 3.63) is 34.7 Å². The Balaban J connectivity index is 2.61. The molecule has 5 heteroatoms. The van der Waals surface area contributed by atoms with Gasteiger partial charge < -0.3 is 9.15 Å². The Bertz CT molecular complexity index is 562. The number of hydrogen-bond donors (Lipinski definition) is 0. The third-order valence-corrected chi connectivity index (χ3v) is 3.08. The summed E-state index contributed by atoms with van der Waals surface area (Å²) in [6.45, 7) is 2.07. The summed E-state index contributed by atoms with van der Waals surface area (Å²) < 4.78 is 10.4. The van der Waals surface area contributed by atoms with Crippen LogP contribution in [0.2, 0.25) is 5.02 Å². The molecule has 1 aromatic heterocycles. The van der Waals surface area contributed by atoms with Gasteiger partial charge in [0.25, 0.3) is 0 Å². The van der Waals surface area contributed by atoms with Crippen molar-refractivity contribution in [3.63, 3.8) is 0 Å². The van der Waals surface area contributed by atoms with Crippen LogP contribution in [0, 0.1) is 0 Å². The van der Waals surface area contributed by atoms with Crippen LogP contribution in [0.4, 0.5) is 0 Å². The molecule has 2 aromatic rings. The summed E-state index contributed by atoms with van der Waals surface area (Å²) in [6.07, 6.45) is 0. The Morgan fingerprint density at radius 3 is 2.88 bits per heavy atom. The second-order valence-electron chi connectivity index (χ2n) is 3.40. The predicted molar refractivity (Wildman–Crippen MR) is 69.8 cm³/mol. The number of ether oxygens (including phenoxy) is 1. The monoisotopic (exact) mass is 316 g/mol. The molecule has 0 fully saturated rings. The van der Waals surface area contributed by atoms with E-state index in [1.807, 2.05) is 0 Å². The fourth-order valence-electron chi connectivity index (χ4n) is 1.63. The molecule has 2 rings (SSSR count). The van der Waals surface area contributed by atoms with Crippen LogP contribution in [0.15, 0.2) is 22.6 Å². The van der Waals surface area contributed by atoms with Gasteiger partial charge in [0.05, 0.1) is 11.9 Å². The van der Waals surface area contributed by atoms with Crippen LogP contribution in [0.25, 0.3) is 10.8 Å². The molecule has 0 unspecified atom stereocenters. The molecule has 3 nitrogen and oxygen atoms in total. The van der Waals surface area contributed by atoms with Crippen molar-refractivity contribution in [1.29, 1.82) is 0 Å². The average molecular weight is 318 g/mol. The second kappa shape index (κ2) is 5.10. The molecule has 0 radical (unpaired) electrons. The maximum atomic E-state index is 11.7. The fourth-order valence-corrected chi connectivity index (χ4v) is 2.21. The van der Waals surface area contributed by atoms with E-state index in [0.717, 1.165) is 10.8 Å². The number of carbonyl (C=O) groups is 1. The number of benzene rings is 1. The average Bonchev–Trinajstić information content (AvgIpc) is 2.67. The molecule has 17 heavy (non-hydrogen) atoms. The molecule has 0 atom stereocenters. The van der Waals surface area contributed by atoms with Gasteiger partial charge >= 0.3 is 5.97 Å². The maximum Gasteiger partial charge on any atom is 0.374 e. The van der Waals surface area contributed by atoms with E-state index < -0.39 is 5.97 Å². The van der Waals surface area contributed by atoms with Crippen molar-refractivity contribution < 1.29 is 13.9 Å². The number of furan rings is 1. The quantitative estimate of drug-likeness (QED) is 0.630. The number of halogens is 2. The van der Waals surface area contributed by atoms with E-state index in [9.17, 15) is 4.79 Å². The van der Waals surface area contributed by atoms with E-state index in [-0.39, 0.29) is 5.76 Å². The molecular weight excluding hydrogens is 307 g/mol. The van der Waals surface area contributed by atoms with Crippen LogP contribution < -0.4 is 0 Å². The van der Waals surface area contributed by atoms with E-state index in [4.69, 9.17) is 20.8 Å². The lowest BCUT2D eigenvalue weighted by Crippen LogP contribution is -2.03. The van der Waals surface area contributed by atoms with Crippen molar-refractivity contribution in [2.24, 2.45) is 0 Å². The molecular formula is C12H10BrClO3. The number of carbonyl (C=O) groups excluding carboxylic acids is 1. The summed E-state index contributed by atoms with van der Waals surface area (Å²) in [5.41, 5.74) is 0. The van der Waals surface area contributed by atoms with Crippen molar-refractivity contribution in [1.82, 2.24) is 0 Å². The molecule has 0 N–H and O–H groups in total. The molecule has 90 valence electrons. The molecule has 0 amide bonds. The minimum Gasteiger partial charge on any atom is -0.460 e. The van der Waals surface area contributed by atoms with Gasteiger partial charge in [-0.2, -0.15) is 0 Å². The van der Waals surface area contributed by atoms with Crippen LogP contribution >= 0.6 is 27.5 Å². The number of esters is 1. The second-order valence-corrected chi connectivity index (χ2v) is 4.40. The molecule has 1 aromatic carbocycles. The largest absolute Gasteiger partial charge is 0.460 e. The van der Waals surface area contributed by atoms with Gasteiger partial charge in [0, 0.05) is 15.8 Å². The van der Waals surface area contributed by atoms with E-state index in [0.29, 0.717) is 22.7 Å². The van der Waals surface area contributed by atoms with Gasteiger partial charge in [-0.3, -0.25) is 0 Å². The van der Waals surface area contributed by atoms with Crippen molar-refractivity contribution in [2.75, 3.05) is 6.61 Å². The Morgan fingerprint density at radius 1 is 1.47 bits per heavy atom. The van der Waals surface area contributed by atoms with Crippen molar-refractivity contribution in [2.45, 2.75) is 12.3 Å². The summed E-state index contributed by atoms with van der Waals surface area (Å²) in [6, 6.07) is 5.26. The van der Waals surface area contributed by atoms with Gasteiger partial charge in [0.2, 0.25) is 5.76 Å². The number of rotatable bonds is 3. The number of hydrogen-bond acceptors (Lipinski definition) is 3. The van der Waals surface area contributed by atoms with E-state index >= 15 is 0 Å². The zero-order valence-corrected chi connectivity index (χ0v) is 11.5. The van der Waals surface area contributed by atoms with Crippen molar-refractivity contribution >= 4 is 44.3 Å². The van der Waals surface area contributed by atoms with Crippen LogP contribution in [0.1, 0.15) is 23.2 Å². The third-order valence-electron chi connectivity index (χ3n) is 2.33. The lowest BCUT2D eigenvalue weighted by atomic mass is 10.1. The summed E-state index contributed by atoms with van der Waals surface area (Å²) in [5, 5.41) is 2.68. The van der Waals surface area contributed by atoms with Gasteiger partial charge in [0.1, 0.15) is 5.76 Å². The Kier molecular flexibility index (Phi) is 3.74. The highest BCUT2D eigenvalue weighted by Crippen LogP contribution is 2.30. The molecule has 1 heterocycles. The smallest absolute Gasteiger partial charge is 0.374 e. The zero-order chi connectivity index (χ0) is 12.4. The normalized spacial score (nSPS) is 10.8. The molecule has 0 aliphatic carbocycles. The summed E-state index contributed by atoms with van der Waals surface area (Å²) in [7, 11) is 0. The molecule has 0 aliphatic heterocycles. The van der Waals surface area contributed by atoms with Crippen LogP contribution in [-0.4, -0.2) is 12.6 Å². The van der Waals surface area contributed by atoms with Crippen molar-refractivity contribution in [3.8, 4) is 0 Å². The SMILES string of the molecule is CCOC(=O)c1oc(CBr)c2cc(Cl)ccc12. The first-order valence-corrected chi connectivity index (χ1v) is 6.61. The van der Waals surface area contributed by atoms with Crippen LogP contribution in [0.3, 0.4) is 0 Å². The van der Waals surface area contributed by atoms with Gasteiger partial charge in [0.15, 0.2) is 0 Å². The first-order valence-electron chi connectivity index (χ1n) is 5.11. The van der Waals surface area contributed by atoms with E-state index in [1.165, 1.54) is 0 Å². The van der Waals surface area contributed by atoms with Gasteiger partial charge in [-0.05, 0) is 25.1 Å². The number of fused-ring (bicyclic) bond motifs is 1. The molecule has 0 spiro atoms. The minimum absolute atomic E-state index is 0.230. The summed E-state index contributed by atoms with van der Waals surface area (Å²) in [4.78, 5) is 11.7. The summed E-state index contributed by atoms with van der Waals surface area (Å²) in [5.74, 6) is 0.450. The predicted octanol–water partition coefficient (Wildman–Crippen LogP) is 4.16. The lowest BCUT2D eigenvalue weighted by Gasteiger charge is -1.98. The standard InChI is InChI=1S/C12H10BrClO3/c1-2-16-12(15)11-8-4-3-7(14)5-9(8)10(6-13)17-11/h3-5H,2,6H2,1H3. The van der Waals surface area contributed by atoms with Gasteiger partial charge in [-0.25, -0.2) is 4.79 Å². The van der Waals surface area contributed by atoms with Gasteiger partial charge in [-0.1, -0.05) is 27.5 Å². The molecule has 0 saturated carbocycles. The molecule has 0 saturated heterocycles. The topological polar surface area (TPSA) is 39.4 Å². The third kappa shape index (κ3) is 2.33. The maximum absolute atomic E-state index is 11.7. The summed E-state index contributed by atoms with van der Waals surface area (Å²) >= 11 is 9.24.